The van der Waals surface area contributed by atoms with Crippen LogP contribution in [0.25, 0.3) is 11.1 Å². The van der Waals surface area contributed by atoms with Crippen LogP contribution in [-0.2, 0) is 6.42 Å². The molecule has 0 spiro atoms. The first-order valence-electron chi connectivity index (χ1n) is 8.99. The van der Waals surface area contributed by atoms with E-state index >= 15 is 0 Å². The van der Waals surface area contributed by atoms with E-state index in [1.807, 2.05) is 25.7 Å². The Morgan fingerprint density at radius 2 is 1.96 bits per heavy atom. The summed E-state index contributed by atoms with van der Waals surface area (Å²) in [4.78, 5) is 1.39. The molecule has 0 atom stereocenters. The second-order valence-electron chi connectivity index (χ2n) is 6.17. The largest absolute Gasteiger partial charge is 0.388 e. The third kappa shape index (κ3) is 4.59. The maximum Gasteiger partial charge on any atom is 0.0343 e. The first-order chi connectivity index (χ1) is 12.8. The Labute approximate surface area is 161 Å². The summed E-state index contributed by atoms with van der Waals surface area (Å²) in [5.41, 5.74) is 6.45. The molecule has 3 rings (SSSR count). The van der Waals surface area contributed by atoms with Gasteiger partial charge in [-0.25, -0.2) is 0 Å². The molecule has 0 bridgehead atoms. The molecule has 0 unspecified atom stereocenters. The molecule has 0 radical (unpaired) electrons. The predicted octanol–water partition coefficient (Wildman–Crippen LogP) is 6.66. The molecule has 0 amide bonds. The number of benzene rings is 2. The minimum Gasteiger partial charge on any atom is -0.388 e. The highest BCUT2D eigenvalue weighted by Crippen LogP contribution is 2.37. The highest BCUT2D eigenvalue weighted by Gasteiger charge is 2.12. The first kappa shape index (κ1) is 18.3. The highest BCUT2D eigenvalue weighted by molar-refractivity contribution is 7.99. The van der Waals surface area contributed by atoms with E-state index < -0.39 is 0 Å². The van der Waals surface area contributed by atoms with Gasteiger partial charge in [-0.05, 0) is 47.7 Å². The Hall–Kier alpha value is -2.45. The van der Waals surface area contributed by atoms with Crippen LogP contribution >= 0.6 is 11.8 Å². The maximum atomic E-state index is 3.24. The van der Waals surface area contributed by atoms with Gasteiger partial charge in [0, 0.05) is 23.4 Å². The lowest BCUT2D eigenvalue weighted by molar-refractivity contribution is 1.18. The van der Waals surface area contributed by atoms with Crippen LogP contribution in [0.1, 0.15) is 12.5 Å². The molecule has 2 heteroatoms. The number of fused-ring (bicyclic) bond motifs is 1. The minimum atomic E-state index is 0.963. The van der Waals surface area contributed by atoms with Gasteiger partial charge < -0.3 is 5.32 Å². The number of rotatable bonds is 4. The van der Waals surface area contributed by atoms with Crippen molar-refractivity contribution in [1.29, 1.82) is 0 Å². The van der Waals surface area contributed by atoms with Crippen molar-refractivity contribution in [2.45, 2.75) is 18.2 Å². The number of thioether (sulfide) groups is 1. The molecule has 0 aliphatic carbocycles. The Morgan fingerprint density at radius 3 is 2.81 bits per heavy atom. The Bertz CT molecular complexity index is 872. The second kappa shape index (κ2) is 9.30. The summed E-state index contributed by atoms with van der Waals surface area (Å²) in [6, 6.07) is 15.3. The van der Waals surface area contributed by atoms with Crippen molar-refractivity contribution in [3.05, 3.63) is 96.1 Å². The fourth-order valence-electron chi connectivity index (χ4n) is 2.97. The van der Waals surface area contributed by atoms with Crippen LogP contribution in [0, 0.1) is 0 Å². The standard InChI is InChI=1S/C24H25NS/c1-3-4-5-10-19-11-6-7-12-20-13-9-16-23(24(20)26-18-19)21-14-8-15-22(17-21)25-2/h3-11,13-17,25H,12,18H2,1-2H3/b4-3-,7-6-,10-5-,19-11-. The second-order valence-corrected chi connectivity index (χ2v) is 7.16. The van der Waals surface area contributed by atoms with Gasteiger partial charge in [0.1, 0.15) is 0 Å². The van der Waals surface area contributed by atoms with Crippen LogP contribution in [0.15, 0.2) is 95.5 Å². The summed E-state index contributed by atoms with van der Waals surface area (Å²) in [6.07, 6.45) is 16.1. The van der Waals surface area contributed by atoms with Crippen LogP contribution in [0.2, 0.25) is 0 Å². The number of allylic oxidation sites excluding steroid dienone is 7. The fourth-order valence-corrected chi connectivity index (χ4v) is 4.15. The van der Waals surface area contributed by atoms with Gasteiger partial charge in [0.15, 0.2) is 0 Å². The molecule has 1 heterocycles. The van der Waals surface area contributed by atoms with Gasteiger partial charge in [0.05, 0.1) is 0 Å². The molecule has 0 fully saturated rings. The van der Waals surface area contributed by atoms with Crippen LogP contribution in [-0.4, -0.2) is 12.8 Å². The molecule has 2 aromatic carbocycles. The number of anilines is 1. The maximum absolute atomic E-state index is 3.24. The SMILES string of the molecule is C\C=C/C=C\C1=C\C=C/Cc2cccc(-c3cccc(NC)c3)c2SC1. The van der Waals surface area contributed by atoms with Gasteiger partial charge in [-0.1, -0.05) is 72.9 Å². The summed E-state index contributed by atoms with van der Waals surface area (Å²) in [7, 11) is 1.96. The summed E-state index contributed by atoms with van der Waals surface area (Å²) in [5, 5.41) is 3.24. The van der Waals surface area contributed by atoms with Gasteiger partial charge in [-0.3, -0.25) is 0 Å². The van der Waals surface area contributed by atoms with E-state index in [1.54, 1.807) is 0 Å². The van der Waals surface area contributed by atoms with E-state index in [9.17, 15) is 0 Å². The number of nitrogens with one attached hydrogen (secondary N) is 1. The third-order valence-electron chi connectivity index (χ3n) is 4.34. The average molecular weight is 360 g/mol. The molecule has 1 N–H and O–H groups in total. The van der Waals surface area contributed by atoms with Crippen LogP contribution in [0.4, 0.5) is 5.69 Å². The van der Waals surface area contributed by atoms with Crippen molar-refractivity contribution >= 4 is 17.4 Å². The quantitative estimate of drug-likeness (QED) is 0.613. The molecular formula is C24H25NS. The lowest BCUT2D eigenvalue weighted by Crippen LogP contribution is -1.93. The van der Waals surface area contributed by atoms with E-state index in [2.05, 4.69) is 90.3 Å². The van der Waals surface area contributed by atoms with Crippen LogP contribution in [0.5, 0.6) is 0 Å². The van der Waals surface area contributed by atoms with Crippen molar-refractivity contribution < 1.29 is 0 Å². The van der Waals surface area contributed by atoms with Gasteiger partial charge in [0.2, 0.25) is 0 Å². The van der Waals surface area contributed by atoms with E-state index in [0.29, 0.717) is 0 Å². The summed E-state index contributed by atoms with van der Waals surface area (Å²) in [5.74, 6) is 0.966. The molecule has 0 saturated carbocycles. The van der Waals surface area contributed by atoms with Crippen molar-refractivity contribution in [3.63, 3.8) is 0 Å². The Kier molecular flexibility index (Phi) is 6.56. The average Bonchev–Trinajstić information content (AvgIpc) is 2.78. The zero-order valence-corrected chi connectivity index (χ0v) is 16.2. The zero-order chi connectivity index (χ0) is 18.2. The molecule has 1 aliphatic heterocycles. The van der Waals surface area contributed by atoms with Gasteiger partial charge in [0.25, 0.3) is 0 Å². The number of hydrogen-bond donors (Lipinski definition) is 1. The first-order valence-corrected chi connectivity index (χ1v) is 9.98. The topological polar surface area (TPSA) is 12.0 Å². The lowest BCUT2D eigenvalue weighted by Gasteiger charge is -2.15. The van der Waals surface area contributed by atoms with Crippen LogP contribution in [0.3, 0.4) is 0 Å². The van der Waals surface area contributed by atoms with Crippen molar-refractivity contribution in [2.24, 2.45) is 0 Å². The summed E-state index contributed by atoms with van der Waals surface area (Å²) in [6.45, 7) is 2.04. The van der Waals surface area contributed by atoms with Crippen LogP contribution < -0.4 is 5.32 Å². The van der Waals surface area contributed by atoms with Gasteiger partial charge in [-0.2, -0.15) is 0 Å². The predicted molar refractivity (Wildman–Crippen MR) is 117 cm³/mol. The fraction of sp³-hybridized carbons (Fsp3) is 0.167. The van der Waals surface area contributed by atoms with E-state index in [4.69, 9.17) is 0 Å². The normalized spacial score (nSPS) is 17.8. The Morgan fingerprint density at radius 1 is 1.08 bits per heavy atom. The molecular weight excluding hydrogens is 334 g/mol. The number of hydrogen-bond acceptors (Lipinski definition) is 2. The monoisotopic (exact) mass is 359 g/mol. The van der Waals surface area contributed by atoms with E-state index in [-0.39, 0.29) is 0 Å². The minimum absolute atomic E-state index is 0.963. The summed E-state index contributed by atoms with van der Waals surface area (Å²) < 4.78 is 0. The van der Waals surface area contributed by atoms with Crippen molar-refractivity contribution in [2.75, 3.05) is 18.1 Å². The zero-order valence-electron chi connectivity index (χ0n) is 15.4. The van der Waals surface area contributed by atoms with E-state index in [0.717, 1.165) is 17.9 Å². The highest BCUT2D eigenvalue weighted by atomic mass is 32.2. The molecule has 2 aromatic rings. The molecule has 132 valence electrons. The molecule has 0 aromatic heterocycles. The molecule has 0 saturated heterocycles. The van der Waals surface area contributed by atoms with Crippen molar-refractivity contribution in [3.8, 4) is 11.1 Å². The van der Waals surface area contributed by atoms with Gasteiger partial charge in [-0.15, -0.1) is 11.8 Å². The van der Waals surface area contributed by atoms with E-state index in [1.165, 1.54) is 27.2 Å². The molecule has 1 nitrogen and oxygen atoms in total. The van der Waals surface area contributed by atoms with Crippen molar-refractivity contribution in [1.82, 2.24) is 0 Å². The Balaban J connectivity index is 1.97. The lowest BCUT2D eigenvalue weighted by atomic mass is 10.0. The molecule has 1 aliphatic rings. The smallest absolute Gasteiger partial charge is 0.0343 e. The third-order valence-corrected chi connectivity index (χ3v) is 5.59. The van der Waals surface area contributed by atoms with Gasteiger partial charge >= 0.3 is 0 Å². The summed E-state index contributed by atoms with van der Waals surface area (Å²) >= 11 is 1.93. The molecule has 26 heavy (non-hydrogen) atoms.